The molecule has 2 atom stereocenters. The summed E-state index contributed by atoms with van der Waals surface area (Å²) in [5.41, 5.74) is 0. The van der Waals surface area contributed by atoms with Crippen molar-refractivity contribution < 1.29 is 15.0 Å². The second-order valence-electron chi connectivity index (χ2n) is 2.92. The summed E-state index contributed by atoms with van der Waals surface area (Å²) in [6.45, 7) is 1.34. The lowest BCUT2D eigenvalue weighted by atomic mass is 9.92. The minimum Gasteiger partial charge on any atom is -0.481 e. The summed E-state index contributed by atoms with van der Waals surface area (Å²) in [6, 6.07) is 0. The van der Waals surface area contributed by atoms with Crippen molar-refractivity contribution in [3.05, 3.63) is 0 Å². The largest absolute Gasteiger partial charge is 0.481 e. The van der Waals surface area contributed by atoms with Crippen LogP contribution in [-0.2, 0) is 4.79 Å². The van der Waals surface area contributed by atoms with Crippen LogP contribution in [0.3, 0.4) is 0 Å². The second kappa shape index (κ2) is 3.69. The third kappa shape index (κ3) is 2.48. The lowest BCUT2D eigenvalue weighted by Crippen LogP contribution is -2.41. The zero-order valence-corrected chi connectivity index (χ0v) is 6.29. The number of carbonyl (C=O) groups is 1. The zero-order chi connectivity index (χ0) is 8.27. The molecule has 1 saturated heterocycles. The maximum absolute atomic E-state index is 10.3. The average Bonchev–Trinajstić information content (AvgIpc) is 1.93. The highest BCUT2D eigenvalue weighted by molar-refractivity contribution is 5.67. The standard InChI is InChI=1S/C7H13NO3/c9-6-4-8-2-1-5(6)3-7(10)11/h5-6,8-9H,1-4H2,(H,10,11). The lowest BCUT2D eigenvalue weighted by Gasteiger charge is -2.26. The van der Waals surface area contributed by atoms with E-state index < -0.39 is 12.1 Å². The average molecular weight is 159 g/mol. The Morgan fingerprint density at radius 2 is 2.36 bits per heavy atom. The van der Waals surface area contributed by atoms with Crippen molar-refractivity contribution in [2.75, 3.05) is 13.1 Å². The van der Waals surface area contributed by atoms with Crippen LogP contribution in [0.2, 0.25) is 0 Å². The van der Waals surface area contributed by atoms with Gasteiger partial charge in [-0.25, -0.2) is 0 Å². The molecule has 1 aliphatic rings. The van der Waals surface area contributed by atoms with Crippen molar-refractivity contribution in [2.24, 2.45) is 5.92 Å². The summed E-state index contributed by atoms with van der Waals surface area (Å²) in [7, 11) is 0. The summed E-state index contributed by atoms with van der Waals surface area (Å²) in [5, 5.41) is 20.7. The van der Waals surface area contributed by atoms with E-state index in [1.54, 1.807) is 0 Å². The van der Waals surface area contributed by atoms with Crippen LogP contribution in [0.5, 0.6) is 0 Å². The molecule has 4 nitrogen and oxygen atoms in total. The van der Waals surface area contributed by atoms with Crippen molar-refractivity contribution in [1.82, 2.24) is 5.32 Å². The zero-order valence-electron chi connectivity index (χ0n) is 6.29. The molecule has 64 valence electrons. The summed E-state index contributed by atoms with van der Waals surface area (Å²) in [5.74, 6) is -0.885. The third-order valence-electron chi connectivity index (χ3n) is 2.03. The maximum atomic E-state index is 10.3. The molecule has 0 aromatic heterocycles. The number of piperidine rings is 1. The summed E-state index contributed by atoms with van der Waals surface area (Å²) >= 11 is 0. The first-order chi connectivity index (χ1) is 5.20. The minimum absolute atomic E-state index is 0.0613. The van der Waals surface area contributed by atoms with E-state index in [0.717, 1.165) is 13.0 Å². The monoisotopic (exact) mass is 159 g/mol. The van der Waals surface area contributed by atoms with Gasteiger partial charge in [0.05, 0.1) is 12.5 Å². The topological polar surface area (TPSA) is 69.6 Å². The Labute approximate surface area is 65.2 Å². The molecule has 1 fully saturated rings. The summed E-state index contributed by atoms with van der Waals surface area (Å²) in [4.78, 5) is 10.3. The molecule has 0 radical (unpaired) electrons. The van der Waals surface area contributed by atoms with Gasteiger partial charge in [0.2, 0.25) is 0 Å². The first kappa shape index (κ1) is 8.49. The molecule has 1 heterocycles. The van der Waals surface area contributed by atoms with Crippen molar-refractivity contribution in [1.29, 1.82) is 0 Å². The van der Waals surface area contributed by atoms with Crippen molar-refractivity contribution in [3.8, 4) is 0 Å². The van der Waals surface area contributed by atoms with E-state index in [2.05, 4.69) is 5.32 Å². The Bertz CT molecular complexity index is 149. The minimum atomic E-state index is -0.823. The van der Waals surface area contributed by atoms with Crippen LogP contribution in [0.15, 0.2) is 0 Å². The molecule has 11 heavy (non-hydrogen) atoms. The number of aliphatic hydroxyl groups excluding tert-OH is 1. The molecule has 2 unspecified atom stereocenters. The number of hydrogen-bond donors (Lipinski definition) is 3. The van der Waals surface area contributed by atoms with Crippen LogP contribution >= 0.6 is 0 Å². The Kier molecular flexibility index (Phi) is 2.84. The molecule has 0 spiro atoms. The van der Waals surface area contributed by atoms with Gasteiger partial charge in [-0.15, -0.1) is 0 Å². The van der Waals surface area contributed by atoms with Crippen LogP contribution in [0.25, 0.3) is 0 Å². The van der Waals surface area contributed by atoms with Gasteiger partial charge in [-0.2, -0.15) is 0 Å². The van der Waals surface area contributed by atoms with E-state index in [1.165, 1.54) is 0 Å². The van der Waals surface area contributed by atoms with Crippen LogP contribution in [0.4, 0.5) is 0 Å². The Hall–Kier alpha value is -0.610. The highest BCUT2D eigenvalue weighted by Crippen LogP contribution is 2.15. The fraction of sp³-hybridized carbons (Fsp3) is 0.857. The smallest absolute Gasteiger partial charge is 0.303 e. The van der Waals surface area contributed by atoms with Gasteiger partial charge in [0, 0.05) is 6.54 Å². The fourth-order valence-electron chi connectivity index (χ4n) is 1.36. The highest BCUT2D eigenvalue weighted by Gasteiger charge is 2.24. The van der Waals surface area contributed by atoms with E-state index in [4.69, 9.17) is 5.11 Å². The Morgan fingerprint density at radius 1 is 1.64 bits per heavy atom. The van der Waals surface area contributed by atoms with Crippen molar-refractivity contribution in [3.63, 3.8) is 0 Å². The number of aliphatic carboxylic acids is 1. The normalized spacial score (nSPS) is 31.7. The maximum Gasteiger partial charge on any atom is 0.303 e. The Morgan fingerprint density at radius 3 is 2.91 bits per heavy atom. The predicted octanol–water partition coefficient (Wildman–Crippen LogP) is -0.569. The Balaban J connectivity index is 2.35. The molecule has 4 heteroatoms. The second-order valence-corrected chi connectivity index (χ2v) is 2.92. The molecule has 0 aliphatic carbocycles. The molecule has 0 amide bonds. The molecular weight excluding hydrogens is 146 g/mol. The first-order valence-corrected chi connectivity index (χ1v) is 3.80. The van der Waals surface area contributed by atoms with Gasteiger partial charge in [-0.1, -0.05) is 0 Å². The van der Waals surface area contributed by atoms with Gasteiger partial charge in [-0.05, 0) is 18.9 Å². The third-order valence-corrected chi connectivity index (χ3v) is 2.03. The number of nitrogens with one attached hydrogen (secondary N) is 1. The quantitative estimate of drug-likeness (QED) is 0.504. The summed E-state index contributed by atoms with van der Waals surface area (Å²) < 4.78 is 0. The van der Waals surface area contributed by atoms with Crippen LogP contribution in [-0.4, -0.2) is 35.4 Å². The molecule has 0 aromatic rings. The summed E-state index contributed by atoms with van der Waals surface area (Å²) in [6.07, 6.45) is 0.357. The van der Waals surface area contributed by atoms with E-state index in [1.807, 2.05) is 0 Å². The number of rotatable bonds is 2. The van der Waals surface area contributed by atoms with E-state index in [-0.39, 0.29) is 12.3 Å². The van der Waals surface area contributed by atoms with Crippen molar-refractivity contribution in [2.45, 2.75) is 18.9 Å². The van der Waals surface area contributed by atoms with Crippen LogP contribution in [0.1, 0.15) is 12.8 Å². The van der Waals surface area contributed by atoms with E-state index >= 15 is 0 Å². The fourth-order valence-corrected chi connectivity index (χ4v) is 1.36. The van der Waals surface area contributed by atoms with Gasteiger partial charge in [0.25, 0.3) is 0 Å². The van der Waals surface area contributed by atoms with Crippen LogP contribution in [0, 0.1) is 5.92 Å². The number of aliphatic hydroxyl groups is 1. The number of β-amino-alcohol motifs (C(OH)–C–C–N with tert-alkyl or cyclic N) is 1. The molecular formula is C7H13NO3. The first-order valence-electron chi connectivity index (χ1n) is 3.80. The molecule has 1 rings (SSSR count). The molecule has 3 N–H and O–H groups in total. The van der Waals surface area contributed by atoms with E-state index in [9.17, 15) is 9.90 Å². The van der Waals surface area contributed by atoms with Crippen LogP contribution < -0.4 is 5.32 Å². The highest BCUT2D eigenvalue weighted by atomic mass is 16.4. The van der Waals surface area contributed by atoms with Gasteiger partial charge in [0.15, 0.2) is 0 Å². The molecule has 1 aliphatic heterocycles. The van der Waals surface area contributed by atoms with Gasteiger partial charge >= 0.3 is 5.97 Å². The van der Waals surface area contributed by atoms with Gasteiger partial charge < -0.3 is 15.5 Å². The number of carboxylic acid groups (broad SMARTS) is 1. The van der Waals surface area contributed by atoms with Gasteiger partial charge in [-0.3, -0.25) is 4.79 Å². The van der Waals surface area contributed by atoms with Gasteiger partial charge in [0.1, 0.15) is 0 Å². The lowest BCUT2D eigenvalue weighted by molar-refractivity contribution is -0.139. The molecule has 0 aromatic carbocycles. The number of hydrogen-bond acceptors (Lipinski definition) is 3. The van der Waals surface area contributed by atoms with E-state index in [0.29, 0.717) is 6.54 Å². The number of carboxylic acids is 1. The molecule has 0 saturated carbocycles. The molecule has 0 bridgehead atoms. The SMILES string of the molecule is O=C(O)CC1CCNCC1O. The predicted molar refractivity (Wildman–Crippen MR) is 39.2 cm³/mol. The van der Waals surface area contributed by atoms with Crippen molar-refractivity contribution >= 4 is 5.97 Å².